The van der Waals surface area contributed by atoms with E-state index in [0.29, 0.717) is 36.5 Å². The minimum absolute atomic E-state index is 0.00841. The number of hydrogen-bond acceptors (Lipinski definition) is 5. The summed E-state index contributed by atoms with van der Waals surface area (Å²) in [4.78, 5) is 32.5. The summed E-state index contributed by atoms with van der Waals surface area (Å²) in [5, 5.41) is 3.02. The summed E-state index contributed by atoms with van der Waals surface area (Å²) in [5.74, 6) is 0.730. The molecule has 1 atom stereocenters. The maximum absolute atomic E-state index is 12.9. The molecule has 1 aromatic carbocycles. The third-order valence-electron chi connectivity index (χ3n) is 6.31. The maximum atomic E-state index is 12.9. The Morgan fingerprint density at radius 2 is 2.00 bits per heavy atom. The third-order valence-corrected chi connectivity index (χ3v) is 6.31. The molecule has 2 amide bonds. The van der Waals surface area contributed by atoms with Crippen LogP contribution >= 0.6 is 0 Å². The van der Waals surface area contributed by atoms with Crippen LogP contribution in [-0.2, 0) is 4.74 Å². The zero-order valence-electron chi connectivity index (χ0n) is 18.8. The molecule has 2 saturated heterocycles. The molecule has 2 aliphatic heterocycles. The molecule has 1 N–H and O–H groups in total. The van der Waals surface area contributed by atoms with E-state index >= 15 is 0 Å². The summed E-state index contributed by atoms with van der Waals surface area (Å²) < 4.78 is 10.9. The van der Waals surface area contributed by atoms with Gasteiger partial charge < -0.3 is 19.7 Å². The molecule has 7 heteroatoms. The van der Waals surface area contributed by atoms with Gasteiger partial charge in [-0.3, -0.25) is 14.6 Å². The van der Waals surface area contributed by atoms with E-state index in [1.54, 1.807) is 13.2 Å². The second kappa shape index (κ2) is 10.1. The molecule has 170 valence electrons. The highest BCUT2D eigenvalue weighted by molar-refractivity contribution is 5.96. The molecule has 2 aliphatic rings. The fourth-order valence-electron chi connectivity index (χ4n) is 4.48. The van der Waals surface area contributed by atoms with Crippen molar-refractivity contribution in [3.8, 4) is 5.75 Å². The van der Waals surface area contributed by atoms with Crippen LogP contribution in [-0.4, -0.2) is 61.2 Å². The molecule has 0 bridgehead atoms. The predicted octanol–water partition coefficient (Wildman–Crippen LogP) is 3.33. The van der Waals surface area contributed by atoms with Crippen LogP contribution in [0, 0.1) is 6.92 Å². The number of methoxy groups -OCH3 is 1. The average molecular weight is 438 g/mol. The van der Waals surface area contributed by atoms with Crippen molar-refractivity contribution >= 4 is 11.8 Å². The van der Waals surface area contributed by atoms with Gasteiger partial charge in [0, 0.05) is 43.4 Å². The first kappa shape index (κ1) is 22.3. The van der Waals surface area contributed by atoms with Crippen molar-refractivity contribution < 1.29 is 19.1 Å². The predicted molar refractivity (Wildman–Crippen MR) is 121 cm³/mol. The second-order valence-corrected chi connectivity index (χ2v) is 8.53. The number of rotatable bonds is 6. The lowest BCUT2D eigenvalue weighted by molar-refractivity contribution is 0.0709. The molecule has 0 saturated carbocycles. The zero-order valence-corrected chi connectivity index (χ0v) is 18.8. The number of aromatic nitrogens is 1. The molecule has 2 aromatic rings. The Morgan fingerprint density at radius 3 is 2.72 bits per heavy atom. The van der Waals surface area contributed by atoms with Crippen molar-refractivity contribution in [2.45, 2.75) is 44.6 Å². The molecule has 0 aliphatic carbocycles. The molecule has 2 fully saturated rings. The number of amides is 2. The average Bonchev–Trinajstić information content (AvgIpc) is 3.36. The van der Waals surface area contributed by atoms with Crippen LogP contribution in [0.1, 0.15) is 63.7 Å². The van der Waals surface area contributed by atoms with Gasteiger partial charge in [-0.25, -0.2) is 0 Å². The number of pyridine rings is 1. The van der Waals surface area contributed by atoms with E-state index < -0.39 is 0 Å². The Hall–Kier alpha value is -2.93. The molecule has 0 radical (unpaired) electrons. The van der Waals surface area contributed by atoms with E-state index in [0.717, 1.165) is 43.7 Å². The van der Waals surface area contributed by atoms with Gasteiger partial charge in [-0.1, -0.05) is 6.07 Å². The molecule has 4 rings (SSSR count). The highest BCUT2D eigenvalue weighted by atomic mass is 16.5. The normalized spacial score (nSPS) is 19.1. The standard InChI is InChI=1S/C25H31N3O4/c1-17-8-9-22(24(29)26-16-21-7-4-14-32-21)23(27-17)18-10-12-28(13-11-18)25(30)19-5-3-6-20(15-19)31-2/h3,5-6,8-9,15,18,21H,4,7,10-14,16H2,1-2H3,(H,26,29). The van der Waals surface area contributed by atoms with Gasteiger partial charge >= 0.3 is 0 Å². The van der Waals surface area contributed by atoms with E-state index in [1.165, 1.54) is 0 Å². The van der Waals surface area contributed by atoms with Crippen molar-refractivity contribution in [3.05, 3.63) is 58.9 Å². The minimum Gasteiger partial charge on any atom is -0.497 e. The fraction of sp³-hybridized carbons (Fsp3) is 0.480. The SMILES string of the molecule is COc1cccc(C(=O)N2CCC(c3nc(C)ccc3C(=O)NCC3CCCO3)CC2)c1. The van der Waals surface area contributed by atoms with Crippen molar-refractivity contribution in [1.29, 1.82) is 0 Å². The highest BCUT2D eigenvalue weighted by Gasteiger charge is 2.29. The molecule has 32 heavy (non-hydrogen) atoms. The highest BCUT2D eigenvalue weighted by Crippen LogP contribution is 2.30. The first-order valence-corrected chi connectivity index (χ1v) is 11.4. The first-order chi connectivity index (χ1) is 15.5. The van der Waals surface area contributed by atoms with Crippen molar-refractivity contribution in [2.75, 3.05) is 33.4 Å². The monoisotopic (exact) mass is 437 g/mol. The van der Waals surface area contributed by atoms with Crippen molar-refractivity contribution in [3.63, 3.8) is 0 Å². The Balaban J connectivity index is 1.41. The Labute approximate surface area is 189 Å². The summed E-state index contributed by atoms with van der Waals surface area (Å²) in [6.45, 7) is 4.50. The van der Waals surface area contributed by atoms with Crippen LogP contribution in [0.25, 0.3) is 0 Å². The number of piperidine rings is 1. The van der Waals surface area contributed by atoms with Crippen LogP contribution in [0.4, 0.5) is 0 Å². The van der Waals surface area contributed by atoms with Crippen LogP contribution in [0.2, 0.25) is 0 Å². The number of nitrogens with one attached hydrogen (secondary N) is 1. The number of ether oxygens (including phenoxy) is 2. The molecule has 0 spiro atoms. The minimum atomic E-state index is -0.0992. The van der Waals surface area contributed by atoms with E-state index in [9.17, 15) is 9.59 Å². The van der Waals surface area contributed by atoms with Crippen molar-refractivity contribution in [1.82, 2.24) is 15.2 Å². The number of nitrogens with zero attached hydrogens (tertiary/aromatic N) is 2. The van der Waals surface area contributed by atoms with Gasteiger partial charge in [-0.05, 0) is 62.9 Å². The Morgan fingerprint density at radius 1 is 1.19 bits per heavy atom. The molecule has 1 aromatic heterocycles. The fourth-order valence-corrected chi connectivity index (χ4v) is 4.48. The van der Waals surface area contributed by atoms with Crippen molar-refractivity contribution in [2.24, 2.45) is 0 Å². The largest absolute Gasteiger partial charge is 0.497 e. The summed E-state index contributed by atoms with van der Waals surface area (Å²) in [6.07, 6.45) is 3.69. The topological polar surface area (TPSA) is 80.8 Å². The lowest BCUT2D eigenvalue weighted by Gasteiger charge is -2.32. The third kappa shape index (κ3) is 5.10. The number of hydrogen-bond donors (Lipinski definition) is 1. The van der Waals surface area contributed by atoms with E-state index in [-0.39, 0.29) is 23.8 Å². The molecule has 7 nitrogen and oxygen atoms in total. The summed E-state index contributed by atoms with van der Waals surface area (Å²) in [6, 6.07) is 11.0. The molecular weight excluding hydrogens is 406 g/mol. The molecule has 3 heterocycles. The maximum Gasteiger partial charge on any atom is 0.253 e. The first-order valence-electron chi connectivity index (χ1n) is 11.4. The lowest BCUT2D eigenvalue weighted by atomic mass is 9.89. The summed E-state index contributed by atoms with van der Waals surface area (Å²) in [5.41, 5.74) is 2.99. The number of benzene rings is 1. The smallest absolute Gasteiger partial charge is 0.253 e. The Kier molecular flexibility index (Phi) is 7.05. The number of carbonyl (C=O) groups excluding carboxylic acids is 2. The molecule has 1 unspecified atom stereocenters. The van der Waals surface area contributed by atoms with Gasteiger partial charge in [0.05, 0.1) is 24.5 Å². The lowest BCUT2D eigenvalue weighted by Crippen LogP contribution is -2.39. The van der Waals surface area contributed by atoms with Gasteiger partial charge in [-0.15, -0.1) is 0 Å². The quantitative estimate of drug-likeness (QED) is 0.750. The van der Waals surface area contributed by atoms with Gasteiger partial charge in [0.1, 0.15) is 5.75 Å². The number of aryl methyl sites for hydroxylation is 1. The van der Waals surface area contributed by atoms with E-state index in [1.807, 2.05) is 42.2 Å². The van der Waals surface area contributed by atoms with Gasteiger partial charge in [0.2, 0.25) is 0 Å². The second-order valence-electron chi connectivity index (χ2n) is 8.53. The summed E-state index contributed by atoms with van der Waals surface area (Å²) in [7, 11) is 1.60. The number of likely N-dealkylation sites (tertiary alicyclic amines) is 1. The van der Waals surface area contributed by atoms with Gasteiger partial charge in [0.15, 0.2) is 0 Å². The van der Waals surface area contributed by atoms with E-state index in [2.05, 4.69) is 5.32 Å². The van der Waals surface area contributed by atoms with Crippen LogP contribution in [0.5, 0.6) is 5.75 Å². The van der Waals surface area contributed by atoms with Gasteiger partial charge in [-0.2, -0.15) is 0 Å². The van der Waals surface area contributed by atoms with E-state index in [4.69, 9.17) is 14.5 Å². The Bertz CT molecular complexity index is 963. The van der Waals surface area contributed by atoms with Crippen LogP contribution in [0.3, 0.4) is 0 Å². The van der Waals surface area contributed by atoms with Crippen LogP contribution in [0.15, 0.2) is 36.4 Å². The zero-order chi connectivity index (χ0) is 22.5. The molecular formula is C25H31N3O4. The van der Waals surface area contributed by atoms with Crippen LogP contribution < -0.4 is 10.1 Å². The number of carbonyl (C=O) groups is 2. The summed E-state index contributed by atoms with van der Waals surface area (Å²) >= 11 is 0. The van der Waals surface area contributed by atoms with Gasteiger partial charge in [0.25, 0.3) is 11.8 Å².